The molecule has 82 valence electrons. The van der Waals surface area contributed by atoms with E-state index in [1.165, 1.54) is 0 Å². The van der Waals surface area contributed by atoms with Crippen molar-refractivity contribution in [3.8, 4) is 0 Å². The van der Waals surface area contributed by atoms with Gasteiger partial charge in [-0.05, 0) is 29.7 Å². The van der Waals surface area contributed by atoms with Crippen molar-refractivity contribution in [2.75, 3.05) is 0 Å². The molecule has 1 aromatic rings. The van der Waals surface area contributed by atoms with Gasteiger partial charge in [0.2, 0.25) is 0 Å². The maximum atomic E-state index is 10.4. The summed E-state index contributed by atoms with van der Waals surface area (Å²) in [6.07, 6.45) is 0.273. The SMILES string of the molecule is O=C(O)CCc1c(Cl)cc(Cl)cc1CO. The molecule has 0 radical (unpaired) electrons. The number of hydrogen-bond acceptors (Lipinski definition) is 2. The topological polar surface area (TPSA) is 57.5 Å². The second-order valence-electron chi connectivity index (χ2n) is 3.08. The molecule has 1 aromatic carbocycles. The summed E-state index contributed by atoms with van der Waals surface area (Å²) in [5, 5.41) is 18.4. The maximum Gasteiger partial charge on any atom is 0.303 e. The zero-order valence-corrected chi connectivity index (χ0v) is 9.35. The lowest BCUT2D eigenvalue weighted by molar-refractivity contribution is -0.136. The molecule has 0 fully saturated rings. The number of rotatable bonds is 4. The van der Waals surface area contributed by atoms with Crippen molar-refractivity contribution in [3.05, 3.63) is 33.3 Å². The molecule has 0 amide bonds. The second-order valence-corrected chi connectivity index (χ2v) is 3.92. The molecule has 0 spiro atoms. The molecule has 5 heteroatoms. The molecule has 0 heterocycles. The van der Waals surface area contributed by atoms with Crippen molar-refractivity contribution in [3.63, 3.8) is 0 Å². The predicted octanol–water partition coefficient (Wildman–Crippen LogP) is 2.50. The van der Waals surface area contributed by atoms with Crippen LogP contribution in [0.1, 0.15) is 17.5 Å². The molecule has 0 unspecified atom stereocenters. The minimum atomic E-state index is -0.898. The fourth-order valence-corrected chi connectivity index (χ4v) is 1.94. The average molecular weight is 249 g/mol. The van der Waals surface area contributed by atoms with Crippen LogP contribution in [-0.2, 0) is 17.8 Å². The highest BCUT2D eigenvalue weighted by Gasteiger charge is 2.10. The second kappa shape index (κ2) is 5.35. The molecule has 0 bridgehead atoms. The molecule has 0 atom stereocenters. The zero-order valence-electron chi connectivity index (χ0n) is 7.83. The standard InChI is InChI=1S/C10H10Cl2O3/c11-7-3-6(5-13)8(9(12)4-7)1-2-10(14)15/h3-4,13H,1-2,5H2,(H,14,15). The van der Waals surface area contributed by atoms with E-state index in [2.05, 4.69) is 0 Å². The first kappa shape index (κ1) is 12.3. The van der Waals surface area contributed by atoms with E-state index in [0.717, 1.165) is 0 Å². The molecule has 2 N–H and O–H groups in total. The van der Waals surface area contributed by atoms with Gasteiger partial charge < -0.3 is 10.2 Å². The summed E-state index contributed by atoms with van der Waals surface area (Å²) in [4.78, 5) is 10.4. The van der Waals surface area contributed by atoms with E-state index in [4.69, 9.17) is 33.4 Å². The Bertz CT molecular complexity index is 377. The van der Waals surface area contributed by atoms with Gasteiger partial charge in [0.05, 0.1) is 6.61 Å². The van der Waals surface area contributed by atoms with Crippen LogP contribution in [0.4, 0.5) is 0 Å². The highest BCUT2D eigenvalue weighted by atomic mass is 35.5. The van der Waals surface area contributed by atoms with Gasteiger partial charge in [0.1, 0.15) is 0 Å². The first-order valence-corrected chi connectivity index (χ1v) is 5.09. The van der Waals surface area contributed by atoms with Gasteiger partial charge in [-0.15, -0.1) is 0 Å². The number of halogens is 2. The molecular formula is C10H10Cl2O3. The molecule has 0 saturated heterocycles. The highest BCUT2D eigenvalue weighted by Crippen LogP contribution is 2.26. The molecule has 0 aliphatic carbocycles. The van der Waals surface area contributed by atoms with Crippen LogP contribution >= 0.6 is 23.2 Å². The van der Waals surface area contributed by atoms with Gasteiger partial charge >= 0.3 is 5.97 Å². The Hall–Kier alpha value is -0.770. The van der Waals surface area contributed by atoms with Crippen LogP contribution in [0.15, 0.2) is 12.1 Å². The van der Waals surface area contributed by atoms with E-state index in [0.29, 0.717) is 27.6 Å². The third kappa shape index (κ3) is 3.38. The Balaban J connectivity index is 2.98. The van der Waals surface area contributed by atoms with Crippen molar-refractivity contribution in [2.24, 2.45) is 0 Å². The van der Waals surface area contributed by atoms with E-state index >= 15 is 0 Å². The fourth-order valence-electron chi connectivity index (χ4n) is 1.31. The molecule has 1 rings (SSSR count). The first-order valence-electron chi connectivity index (χ1n) is 4.34. The summed E-state index contributed by atoms with van der Waals surface area (Å²) in [7, 11) is 0. The van der Waals surface area contributed by atoms with Crippen molar-refractivity contribution >= 4 is 29.2 Å². The quantitative estimate of drug-likeness (QED) is 0.861. The summed E-state index contributed by atoms with van der Waals surface area (Å²) >= 11 is 11.7. The largest absolute Gasteiger partial charge is 0.481 e. The minimum Gasteiger partial charge on any atom is -0.481 e. The molecule has 0 saturated carbocycles. The maximum absolute atomic E-state index is 10.4. The van der Waals surface area contributed by atoms with Gasteiger partial charge in [-0.1, -0.05) is 23.2 Å². The summed E-state index contributed by atoms with van der Waals surface area (Å²) in [6, 6.07) is 3.13. The number of carboxylic acids is 1. The van der Waals surface area contributed by atoms with Gasteiger partial charge in [-0.2, -0.15) is 0 Å². The number of benzene rings is 1. The molecular weight excluding hydrogens is 239 g/mol. The van der Waals surface area contributed by atoms with Crippen molar-refractivity contribution in [2.45, 2.75) is 19.4 Å². The molecule has 0 aromatic heterocycles. The van der Waals surface area contributed by atoms with Crippen LogP contribution in [0.5, 0.6) is 0 Å². The van der Waals surface area contributed by atoms with Crippen LogP contribution in [0.3, 0.4) is 0 Å². The Labute approximate surface area is 97.2 Å². The van der Waals surface area contributed by atoms with Gasteiger partial charge in [-0.3, -0.25) is 4.79 Å². The van der Waals surface area contributed by atoms with E-state index < -0.39 is 5.97 Å². The van der Waals surface area contributed by atoms with Gasteiger partial charge in [0.25, 0.3) is 0 Å². The van der Waals surface area contributed by atoms with Crippen molar-refractivity contribution < 1.29 is 15.0 Å². The third-order valence-corrected chi connectivity index (χ3v) is 2.57. The number of carbonyl (C=O) groups is 1. The number of hydrogen-bond donors (Lipinski definition) is 2. The van der Waals surface area contributed by atoms with Gasteiger partial charge in [-0.25, -0.2) is 0 Å². The first-order chi connectivity index (χ1) is 7.04. The minimum absolute atomic E-state index is 0.0195. The monoisotopic (exact) mass is 248 g/mol. The zero-order chi connectivity index (χ0) is 11.4. The molecule has 0 aliphatic rings. The Kier molecular flexibility index (Phi) is 4.39. The smallest absolute Gasteiger partial charge is 0.303 e. The lowest BCUT2D eigenvalue weighted by Crippen LogP contribution is -2.01. The van der Waals surface area contributed by atoms with E-state index in [1.54, 1.807) is 12.1 Å². The van der Waals surface area contributed by atoms with Gasteiger partial charge in [0.15, 0.2) is 0 Å². The number of carboxylic acid groups (broad SMARTS) is 1. The lowest BCUT2D eigenvalue weighted by Gasteiger charge is -2.09. The van der Waals surface area contributed by atoms with Crippen LogP contribution in [0, 0.1) is 0 Å². The Morgan fingerprint density at radius 3 is 2.53 bits per heavy atom. The number of aliphatic hydroxyl groups excluding tert-OH is 1. The van der Waals surface area contributed by atoms with E-state index in [9.17, 15) is 4.79 Å². The van der Waals surface area contributed by atoms with E-state index in [-0.39, 0.29) is 13.0 Å². The van der Waals surface area contributed by atoms with Crippen LogP contribution in [0.25, 0.3) is 0 Å². The van der Waals surface area contributed by atoms with Crippen LogP contribution in [0.2, 0.25) is 10.0 Å². The number of aliphatic hydroxyl groups is 1. The third-order valence-electron chi connectivity index (χ3n) is 2.01. The Morgan fingerprint density at radius 1 is 1.33 bits per heavy atom. The van der Waals surface area contributed by atoms with Crippen LogP contribution in [-0.4, -0.2) is 16.2 Å². The summed E-state index contributed by atoms with van der Waals surface area (Å²) < 4.78 is 0. The summed E-state index contributed by atoms with van der Waals surface area (Å²) in [5.74, 6) is -0.898. The average Bonchev–Trinajstić information content (AvgIpc) is 2.14. The van der Waals surface area contributed by atoms with Crippen molar-refractivity contribution in [1.29, 1.82) is 0 Å². The fraction of sp³-hybridized carbons (Fsp3) is 0.300. The van der Waals surface area contributed by atoms with Crippen molar-refractivity contribution in [1.82, 2.24) is 0 Å². The molecule has 15 heavy (non-hydrogen) atoms. The molecule has 0 aliphatic heterocycles. The normalized spacial score (nSPS) is 10.3. The molecule has 3 nitrogen and oxygen atoms in total. The van der Waals surface area contributed by atoms with E-state index in [1.807, 2.05) is 0 Å². The predicted molar refractivity (Wildman–Crippen MR) is 58.3 cm³/mol. The van der Waals surface area contributed by atoms with Crippen LogP contribution < -0.4 is 0 Å². The summed E-state index contributed by atoms with van der Waals surface area (Å²) in [6.45, 7) is -0.199. The highest BCUT2D eigenvalue weighted by molar-refractivity contribution is 6.35. The lowest BCUT2D eigenvalue weighted by atomic mass is 10.0. The number of aliphatic carboxylic acids is 1. The summed E-state index contributed by atoms with van der Waals surface area (Å²) in [5.41, 5.74) is 1.22. The van der Waals surface area contributed by atoms with Gasteiger partial charge in [0, 0.05) is 16.5 Å². The Morgan fingerprint density at radius 2 is 2.00 bits per heavy atom.